The number of piperazine rings is 1. The van der Waals surface area contributed by atoms with Gasteiger partial charge in [0, 0.05) is 52.2 Å². The molecule has 220 valence electrons. The minimum atomic E-state index is -1.09. The number of aromatic nitrogens is 2. The lowest BCUT2D eigenvalue weighted by Gasteiger charge is -2.39. The number of nitrogens with two attached hydrogens (primary N) is 1. The lowest BCUT2D eigenvalue weighted by Crippen LogP contribution is -2.54. The molecule has 2 aromatic rings. The SMILES string of the molecule is NC(=O)c1ccc(N2CCC(CN3CCN(c4cc5c(cc4F)C(=O)N(C4CCC(=O)NC4=O)C5=O)CC3)CC2)nn1. The fourth-order valence-corrected chi connectivity index (χ4v) is 6.23. The topological polar surface area (TPSA) is 162 Å². The number of benzene rings is 1. The number of amides is 5. The molecule has 0 spiro atoms. The maximum atomic E-state index is 15.2. The summed E-state index contributed by atoms with van der Waals surface area (Å²) in [5, 5.41) is 10.2. The number of anilines is 2. The zero-order valence-electron chi connectivity index (χ0n) is 22.9. The van der Waals surface area contributed by atoms with Gasteiger partial charge in [0.1, 0.15) is 11.9 Å². The van der Waals surface area contributed by atoms with Crippen molar-refractivity contribution in [2.24, 2.45) is 11.7 Å². The number of rotatable bonds is 6. The van der Waals surface area contributed by atoms with Crippen LogP contribution in [0.15, 0.2) is 24.3 Å². The molecule has 13 nitrogen and oxygen atoms in total. The van der Waals surface area contributed by atoms with Gasteiger partial charge in [-0.05, 0) is 49.4 Å². The molecule has 1 unspecified atom stereocenters. The van der Waals surface area contributed by atoms with Crippen LogP contribution in [0.25, 0.3) is 0 Å². The van der Waals surface area contributed by atoms with Gasteiger partial charge in [-0.3, -0.25) is 39.1 Å². The highest BCUT2D eigenvalue weighted by atomic mass is 19.1. The summed E-state index contributed by atoms with van der Waals surface area (Å²) in [6.45, 7) is 5.17. The van der Waals surface area contributed by atoms with Gasteiger partial charge in [0.2, 0.25) is 11.8 Å². The molecule has 5 heterocycles. The zero-order valence-corrected chi connectivity index (χ0v) is 22.9. The zero-order chi connectivity index (χ0) is 29.5. The number of hydrogen-bond donors (Lipinski definition) is 2. The molecule has 1 aromatic carbocycles. The summed E-state index contributed by atoms with van der Waals surface area (Å²) >= 11 is 0. The molecule has 1 aromatic heterocycles. The first-order valence-corrected chi connectivity index (χ1v) is 14.1. The summed E-state index contributed by atoms with van der Waals surface area (Å²) in [6, 6.07) is 4.76. The second-order valence-corrected chi connectivity index (χ2v) is 11.2. The molecular weight excluding hydrogens is 547 g/mol. The first kappa shape index (κ1) is 27.7. The maximum absolute atomic E-state index is 15.2. The molecule has 5 amide bonds. The van der Waals surface area contributed by atoms with Crippen molar-refractivity contribution in [1.29, 1.82) is 0 Å². The number of nitrogens with one attached hydrogen (secondary N) is 1. The Labute approximate surface area is 240 Å². The van der Waals surface area contributed by atoms with Crippen molar-refractivity contribution in [3.63, 3.8) is 0 Å². The normalized spacial score (nSPS) is 22.0. The quantitative estimate of drug-likeness (QED) is 0.452. The Morgan fingerprint density at radius 3 is 2.21 bits per heavy atom. The van der Waals surface area contributed by atoms with E-state index in [4.69, 9.17) is 5.73 Å². The van der Waals surface area contributed by atoms with Crippen molar-refractivity contribution in [3.8, 4) is 0 Å². The molecule has 0 bridgehead atoms. The molecule has 0 saturated carbocycles. The minimum Gasteiger partial charge on any atom is -0.367 e. The van der Waals surface area contributed by atoms with E-state index >= 15 is 4.39 Å². The van der Waals surface area contributed by atoms with E-state index in [1.54, 1.807) is 12.1 Å². The number of halogens is 1. The van der Waals surface area contributed by atoms with Crippen molar-refractivity contribution >= 4 is 41.0 Å². The van der Waals surface area contributed by atoms with Crippen LogP contribution >= 0.6 is 0 Å². The summed E-state index contributed by atoms with van der Waals surface area (Å²) < 4.78 is 15.2. The van der Waals surface area contributed by atoms with Crippen LogP contribution < -0.4 is 20.9 Å². The van der Waals surface area contributed by atoms with E-state index in [0.29, 0.717) is 19.0 Å². The lowest BCUT2D eigenvalue weighted by atomic mass is 9.96. The van der Waals surface area contributed by atoms with Crippen LogP contribution in [0.5, 0.6) is 0 Å². The van der Waals surface area contributed by atoms with Crippen LogP contribution in [0.1, 0.15) is 56.9 Å². The third-order valence-electron chi connectivity index (χ3n) is 8.58. The Kier molecular flexibility index (Phi) is 7.31. The van der Waals surface area contributed by atoms with Crippen LogP contribution in [-0.4, -0.2) is 101 Å². The van der Waals surface area contributed by atoms with Crippen molar-refractivity contribution < 1.29 is 28.4 Å². The summed E-state index contributed by atoms with van der Waals surface area (Å²) in [5.74, 6) is -2.48. The van der Waals surface area contributed by atoms with Crippen LogP contribution in [0.4, 0.5) is 15.9 Å². The van der Waals surface area contributed by atoms with Gasteiger partial charge in [0.05, 0.1) is 16.8 Å². The minimum absolute atomic E-state index is 0.0215. The predicted octanol–water partition coefficient (Wildman–Crippen LogP) is 0.154. The number of hydrogen-bond acceptors (Lipinski definition) is 10. The van der Waals surface area contributed by atoms with E-state index in [1.807, 2.05) is 4.90 Å². The monoisotopic (exact) mass is 578 g/mol. The highest BCUT2D eigenvalue weighted by molar-refractivity contribution is 6.23. The van der Waals surface area contributed by atoms with E-state index in [1.165, 1.54) is 6.07 Å². The smallest absolute Gasteiger partial charge is 0.269 e. The van der Waals surface area contributed by atoms with Gasteiger partial charge in [-0.1, -0.05) is 0 Å². The van der Waals surface area contributed by atoms with Crippen LogP contribution in [0.2, 0.25) is 0 Å². The van der Waals surface area contributed by atoms with Crippen molar-refractivity contribution in [2.75, 3.05) is 55.6 Å². The van der Waals surface area contributed by atoms with E-state index in [2.05, 4.69) is 25.3 Å². The lowest BCUT2D eigenvalue weighted by molar-refractivity contribution is -0.136. The Bertz CT molecular complexity index is 1450. The van der Waals surface area contributed by atoms with Crippen molar-refractivity contribution in [1.82, 2.24) is 25.3 Å². The van der Waals surface area contributed by atoms with Crippen LogP contribution in [0, 0.1) is 11.7 Å². The van der Waals surface area contributed by atoms with Crippen molar-refractivity contribution in [2.45, 2.75) is 31.7 Å². The van der Waals surface area contributed by atoms with E-state index in [0.717, 1.165) is 62.3 Å². The number of primary amides is 1. The van der Waals surface area contributed by atoms with Gasteiger partial charge in [0.15, 0.2) is 11.5 Å². The third kappa shape index (κ3) is 5.17. The molecule has 14 heteroatoms. The van der Waals surface area contributed by atoms with E-state index in [9.17, 15) is 24.0 Å². The largest absolute Gasteiger partial charge is 0.367 e. The van der Waals surface area contributed by atoms with Gasteiger partial charge >= 0.3 is 0 Å². The number of piperidine rings is 2. The molecule has 3 saturated heterocycles. The van der Waals surface area contributed by atoms with Crippen molar-refractivity contribution in [3.05, 3.63) is 46.9 Å². The number of carbonyl (C=O) groups excluding carboxylic acids is 5. The molecule has 3 fully saturated rings. The average molecular weight is 579 g/mol. The van der Waals surface area contributed by atoms with Crippen LogP contribution in [-0.2, 0) is 9.59 Å². The first-order valence-electron chi connectivity index (χ1n) is 14.1. The third-order valence-corrected chi connectivity index (χ3v) is 8.58. The number of carbonyl (C=O) groups is 5. The van der Waals surface area contributed by atoms with Gasteiger partial charge in [0.25, 0.3) is 17.7 Å². The predicted molar refractivity (Wildman–Crippen MR) is 147 cm³/mol. The Morgan fingerprint density at radius 1 is 0.905 bits per heavy atom. The molecule has 0 aliphatic carbocycles. The van der Waals surface area contributed by atoms with Gasteiger partial charge in [-0.15, -0.1) is 10.2 Å². The first-order chi connectivity index (χ1) is 20.2. The number of imide groups is 2. The fraction of sp³-hybridized carbons (Fsp3) is 0.464. The van der Waals surface area contributed by atoms with Crippen LogP contribution in [0.3, 0.4) is 0 Å². The Balaban J connectivity index is 1.04. The summed E-state index contributed by atoms with van der Waals surface area (Å²) in [5.41, 5.74) is 5.65. The molecule has 4 aliphatic heterocycles. The van der Waals surface area contributed by atoms with Gasteiger partial charge < -0.3 is 15.5 Å². The Morgan fingerprint density at radius 2 is 1.60 bits per heavy atom. The molecule has 3 N–H and O–H groups in total. The molecule has 1 atom stereocenters. The average Bonchev–Trinajstić information content (AvgIpc) is 3.22. The highest BCUT2D eigenvalue weighted by Gasteiger charge is 2.45. The molecule has 42 heavy (non-hydrogen) atoms. The second-order valence-electron chi connectivity index (χ2n) is 11.2. The Hall–Kier alpha value is -4.46. The highest BCUT2D eigenvalue weighted by Crippen LogP contribution is 2.33. The number of fused-ring (bicyclic) bond motifs is 1. The maximum Gasteiger partial charge on any atom is 0.269 e. The molecule has 0 radical (unpaired) electrons. The molecule has 4 aliphatic rings. The summed E-state index contributed by atoms with van der Waals surface area (Å²) in [6.07, 6.45) is 2.04. The van der Waals surface area contributed by atoms with Gasteiger partial charge in [-0.25, -0.2) is 4.39 Å². The summed E-state index contributed by atoms with van der Waals surface area (Å²) in [4.78, 5) is 68.4. The second kappa shape index (κ2) is 11.1. The molecule has 6 rings (SSSR count). The van der Waals surface area contributed by atoms with Gasteiger partial charge in [-0.2, -0.15) is 0 Å². The molecular formula is C28H31FN8O5. The standard InChI is InChI=1S/C28H31FN8O5/c29-19-13-17-18(28(42)37(27(17)41)21-2-4-24(38)31-26(21)40)14-22(19)35-11-9-34(10-12-35)15-16-5-7-36(8-6-16)23-3-1-20(25(30)39)32-33-23/h1,3,13-14,16,21H,2,4-12,15H2,(H2,30,39)(H,31,38,40). The van der Waals surface area contributed by atoms with E-state index in [-0.39, 0.29) is 35.3 Å². The summed E-state index contributed by atoms with van der Waals surface area (Å²) in [7, 11) is 0. The number of nitrogens with zero attached hydrogens (tertiary/aromatic N) is 6. The fourth-order valence-electron chi connectivity index (χ4n) is 6.23. The van der Waals surface area contributed by atoms with E-state index < -0.39 is 41.4 Å².